The van der Waals surface area contributed by atoms with Crippen molar-refractivity contribution >= 4 is 11.8 Å². The van der Waals surface area contributed by atoms with Gasteiger partial charge in [0.25, 0.3) is 0 Å². The molecule has 0 bridgehead atoms. The number of piperazine rings is 1. The summed E-state index contributed by atoms with van der Waals surface area (Å²) in [5.74, 6) is -0.0897. The highest BCUT2D eigenvalue weighted by atomic mass is 16.2. The molecule has 1 saturated heterocycles. The zero-order valence-electron chi connectivity index (χ0n) is 11.6. The minimum absolute atomic E-state index is 0.0350. The van der Waals surface area contributed by atoms with Crippen LogP contribution in [0.1, 0.15) is 32.3 Å². The first-order chi connectivity index (χ1) is 9.03. The highest BCUT2D eigenvalue weighted by molar-refractivity contribution is 5.97. The third kappa shape index (κ3) is 2.22. The quantitative estimate of drug-likeness (QED) is 0.858. The average molecular weight is 264 g/mol. The second-order valence-electron chi connectivity index (χ2n) is 4.92. The molecule has 0 aromatic carbocycles. The Kier molecular flexibility index (Phi) is 3.59. The summed E-state index contributed by atoms with van der Waals surface area (Å²) in [5, 5.41) is 6.80. The van der Waals surface area contributed by atoms with Crippen LogP contribution in [0.25, 0.3) is 0 Å². The summed E-state index contributed by atoms with van der Waals surface area (Å²) in [6, 6.07) is 0. The predicted octanol–water partition coefficient (Wildman–Crippen LogP) is 0.437. The monoisotopic (exact) mass is 264 g/mol. The van der Waals surface area contributed by atoms with Gasteiger partial charge < -0.3 is 10.2 Å². The summed E-state index contributed by atoms with van der Waals surface area (Å²) < 4.78 is 1.70. The number of aromatic nitrogens is 2. The molecule has 0 atom stereocenters. The number of hydrogen-bond donors (Lipinski definition) is 1. The summed E-state index contributed by atoms with van der Waals surface area (Å²) in [5.41, 5.74) is 0.211. The van der Waals surface area contributed by atoms with Gasteiger partial charge in [0.05, 0.1) is 12.7 Å². The second-order valence-corrected chi connectivity index (χ2v) is 4.92. The van der Waals surface area contributed by atoms with E-state index in [0.29, 0.717) is 19.4 Å². The van der Waals surface area contributed by atoms with Crippen LogP contribution in [0, 0.1) is 0 Å². The summed E-state index contributed by atoms with van der Waals surface area (Å²) in [6.07, 6.45) is 4.83. The average Bonchev–Trinajstić information content (AvgIpc) is 2.81. The number of rotatable bonds is 4. The topological polar surface area (TPSA) is 67.2 Å². The van der Waals surface area contributed by atoms with Crippen LogP contribution in [-0.2, 0) is 23.2 Å². The lowest BCUT2D eigenvalue weighted by Crippen LogP contribution is -2.66. The molecule has 1 fully saturated rings. The Morgan fingerprint density at radius 1 is 1.37 bits per heavy atom. The summed E-state index contributed by atoms with van der Waals surface area (Å²) >= 11 is 0. The van der Waals surface area contributed by atoms with Crippen molar-refractivity contribution in [1.82, 2.24) is 20.0 Å². The molecule has 2 amide bonds. The van der Waals surface area contributed by atoms with Crippen molar-refractivity contribution in [1.29, 1.82) is 0 Å². The fraction of sp³-hybridized carbons (Fsp3) is 0.615. The van der Waals surface area contributed by atoms with Crippen molar-refractivity contribution in [3.05, 3.63) is 18.0 Å². The molecular weight excluding hydrogens is 244 g/mol. The first-order valence-electron chi connectivity index (χ1n) is 6.59. The maximum atomic E-state index is 12.2. The van der Waals surface area contributed by atoms with Crippen LogP contribution < -0.4 is 5.32 Å². The van der Waals surface area contributed by atoms with Crippen molar-refractivity contribution in [3.63, 3.8) is 0 Å². The van der Waals surface area contributed by atoms with Crippen molar-refractivity contribution < 1.29 is 9.59 Å². The molecule has 6 heteroatoms. The zero-order valence-corrected chi connectivity index (χ0v) is 11.6. The Labute approximate surface area is 112 Å². The fourth-order valence-electron chi connectivity index (χ4n) is 2.71. The maximum Gasteiger partial charge on any atom is 0.246 e. The summed E-state index contributed by atoms with van der Waals surface area (Å²) in [6.45, 7) is 4.40. The van der Waals surface area contributed by atoms with E-state index >= 15 is 0 Å². The van der Waals surface area contributed by atoms with Crippen LogP contribution >= 0.6 is 0 Å². The smallest absolute Gasteiger partial charge is 0.246 e. The fourth-order valence-corrected chi connectivity index (χ4v) is 2.71. The van der Waals surface area contributed by atoms with E-state index in [0.717, 1.165) is 5.56 Å². The van der Waals surface area contributed by atoms with Gasteiger partial charge in [-0.1, -0.05) is 13.8 Å². The van der Waals surface area contributed by atoms with Gasteiger partial charge in [-0.05, 0) is 12.8 Å². The van der Waals surface area contributed by atoms with Crippen molar-refractivity contribution in [3.8, 4) is 0 Å². The standard InChI is InChI=1S/C13H20N4O2/c1-4-13(5-2)12(19)14-7-11(18)17(13)9-10-6-15-16(3)8-10/h6,8H,4-5,7,9H2,1-3H3,(H,14,19). The first-order valence-corrected chi connectivity index (χ1v) is 6.59. The van der Waals surface area contributed by atoms with Crippen LogP contribution in [0.4, 0.5) is 0 Å². The Morgan fingerprint density at radius 3 is 2.58 bits per heavy atom. The molecule has 1 aliphatic heterocycles. The van der Waals surface area contributed by atoms with Gasteiger partial charge in [0.1, 0.15) is 5.54 Å². The van der Waals surface area contributed by atoms with Gasteiger partial charge in [-0.3, -0.25) is 14.3 Å². The van der Waals surface area contributed by atoms with Crippen LogP contribution in [0.15, 0.2) is 12.4 Å². The number of nitrogens with zero attached hydrogens (tertiary/aromatic N) is 3. The number of aryl methyl sites for hydroxylation is 1. The minimum atomic E-state index is -0.731. The van der Waals surface area contributed by atoms with Crippen LogP contribution in [0.5, 0.6) is 0 Å². The number of nitrogens with one attached hydrogen (secondary N) is 1. The molecule has 2 rings (SSSR count). The maximum absolute atomic E-state index is 12.2. The molecule has 0 saturated carbocycles. The van der Waals surface area contributed by atoms with Crippen LogP contribution in [0.2, 0.25) is 0 Å². The van der Waals surface area contributed by atoms with E-state index in [1.54, 1.807) is 15.8 Å². The number of amides is 2. The normalized spacial score (nSPS) is 18.6. The Hall–Kier alpha value is -1.85. The van der Waals surface area contributed by atoms with Crippen LogP contribution in [0.3, 0.4) is 0 Å². The van der Waals surface area contributed by atoms with Gasteiger partial charge >= 0.3 is 0 Å². The first kappa shape index (κ1) is 13.6. The van der Waals surface area contributed by atoms with Crippen molar-refractivity contribution in [2.45, 2.75) is 38.8 Å². The molecule has 0 unspecified atom stereocenters. The van der Waals surface area contributed by atoms with Gasteiger partial charge in [-0.2, -0.15) is 5.10 Å². The summed E-state index contributed by atoms with van der Waals surface area (Å²) in [7, 11) is 1.83. The lowest BCUT2D eigenvalue weighted by atomic mass is 9.87. The Balaban J connectivity index is 2.31. The molecular formula is C13H20N4O2. The highest BCUT2D eigenvalue weighted by Crippen LogP contribution is 2.28. The van der Waals surface area contributed by atoms with E-state index < -0.39 is 5.54 Å². The van der Waals surface area contributed by atoms with Gasteiger partial charge in [0.2, 0.25) is 11.8 Å². The second kappa shape index (κ2) is 5.03. The molecule has 1 N–H and O–H groups in total. The third-order valence-corrected chi connectivity index (χ3v) is 3.91. The third-order valence-electron chi connectivity index (χ3n) is 3.91. The number of carbonyl (C=O) groups excluding carboxylic acids is 2. The lowest BCUT2D eigenvalue weighted by Gasteiger charge is -2.44. The lowest BCUT2D eigenvalue weighted by molar-refractivity contribution is -0.155. The van der Waals surface area contributed by atoms with Gasteiger partial charge in [-0.25, -0.2) is 0 Å². The summed E-state index contributed by atoms with van der Waals surface area (Å²) in [4.78, 5) is 26.1. The SMILES string of the molecule is CCC1(CC)C(=O)NCC(=O)N1Cc1cnn(C)c1. The predicted molar refractivity (Wildman–Crippen MR) is 70.1 cm³/mol. The zero-order chi connectivity index (χ0) is 14.0. The highest BCUT2D eigenvalue weighted by Gasteiger charge is 2.46. The van der Waals surface area contributed by atoms with E-state index in [-0.39, 0.29) is 18.4 Å². The van der Waals surface area contributed by atoms with E-state index in [4.69, 9.17) is 0 Å². The molecule has 2 heterocycles. The van der Waals surface area contributed by atoms with Crippen LogP contribution in [-0.4, -0.2) is 38.6 Å². The van der Waals surface area contributed by atoms with E-state index in [9.17, 15) is 9.59 Å². The van der Waals surface area contributed by atoms with Gasteiger partial charge in [0, 0.05) is 25.4 Å². The van der Waals surface area contributed by atoms with Crippen molar-refractivity contribution in [2.24, 2.45) is 7.05 Å². The number of carbonyl (C=O) groups is 2. The molecule has 1 aliphatic rings. The molecule has 19 heavy (non-hydrogen) atoms. The molecule has 104 valence electrons. The molecule has 6 nitrogen and oxygen atoms in total. The molecule has 0 aliphatic carbocycles. The number of hydrogen-bond acceptors (Lipinski definition) is 3. The van der Waals surface area contributed by atoms with Gasteiger partial charge in [0.15, 0.2) is 0 Å². The van der Waals surface area contributed by atoms with Gasteiger partial charge in [-0.15, -0.1) is 0 Å². The molecule has 0 spiro atoms. The van der Waals surface area contributed by atoms with E-state index in [1.807, 2.05) is 27.1 Å². The Morgan fingerprint density at radius 2 is 2.05 bits per heavy atom. The largest absolute Gasteiger partial charge is 0.345 e. The van der Waals surface area contributed by atoms with Crippen molar-refractivity contribution in [2.75, 3.05) is 6.54 Å². The Bertz CT molecular complexity index is 491. The van der Waals surface area contributed by atoms with E-state index in [2.05, 4.69) is 10.4 Å². The molecule has 1 aromatic rings. The minimum Gasteiger partial charge on any atom is -0.345 e. The molecule has 0 radical (unpaired) electrons. The van der Waals surface area contributed by atoms with E-state index in [1.165, 1.54) is 0 Å². The molecule has 1 aromatic heterocycles.